The first kappa shape index (κ1) is 18.2. The number of fused-ring (bicyclic) bond motifs is 1. The lowest BCUT2D eigenvalue weighted by Gasteiger charge is -2.16. The van der Waals surface area contributed by atoms with E-state index in [1.165, 1.54) is 12.8 Å². The largest absolute Gasteiger partial charge is 0.497 e. The molecule has 1 aromatic rings. The normalized spacial score (nSPS) is 19.5. The maximum absolute atomic E-state index is 11.7. The monoisotopic (exact) mass is 360 g/mol. The average Bonchev–Trinajstić information content (AvgIpc) is 3.12. The maximum Gasteiger partial charge on any atom is 0.320 e. The van der Waals surface area contributed by atoms with Gasteiger partial charge in [-0.1, -0.05) is 23.2 Å². The molecule has 128 valence electrons. The van der Waals surface area contributed by atoms with Crippen LogP contribution in [0.5, 0.6) is 5.75 Å². The average molecular weight is 361 g/mol. The van der Waals surface area contributed by atoms with Crippen molar-refractivity contribution in [2.24, 2.45) is 0 Å². The number of carbonyl (C=O) groups is 1. The quantitative estimate of drug-likeness (QED) is 0.824. The highest BCUT2D eigenvalue weighted by atomic mass is 35.5. The smallest absolute Gasteiger partial charge is 0.320 e. The topological polar surface area (TPSA) is 42.0 Å². The van der Waals surface area contributed by atoms with Crippen LogP contribution in [0.3, 0.4) is 0 Å². The molecule has 2 fully saturated rings. The van der Waals surface area contributed by atoms with Crippen molar-refractivity contribution in [3.63, 3.8) is 0 Å². The van der Waals surface area contributed by atoms with Crippen molar-refractivity contribution in [1.82, 2.24) is 9.80 Å². The Bertz CT molecular complexity index is 542. The minimum atomic E-state index is 0.208. The standard InChI is InChI=1S/C9H16N2O2.C7H6Cl2O/c1-13-6-5-10-7-8-3-2-4-11(8)9(10)12;1-10-5-2-3-6(8)7(9)4-5/h8H,2-7H2,1H3;2-4H,1H3/t8-;/m0./s1. The van der Waals surface area contributed by atoms with Gasteiger partial charge in [0.1, 0.15) is 5.75 Å². The molecule has 5 nitrogen and oxygen atoms in total. The van der Waals surface area contributed by atoms with Crippen molar-refractivity contribution < 1.29 is 14.3 Å². The fourth-order valence-corrected chi connectivity index (χ4v) is 3.07. The van der Waals surface area contributed by atoms with E-state index in [0.717, 1.165) is 25.4 Å². The molecule has 2 aliphatic heterocycles. The number of methoxy groups -OCH3 is 2. The van der Waals surface area contributed by atoms with Crippen molar-refractivity contribution in [2.75, 3.05) is 40.5 Å². The second-order valence-electron chi connectivity index (χ2n) is 5.49. The zero-order valence-electron chi connectivity index (χ0n) is 13.4. The SMILES string of the molecule is COCCN1C[C@@H]2CCCN2C1=O.COc1ccc(Cl)c(Cl)c1. The minimum absolute atomic E-state index is 0.208. The minimum Gasteiger partial charge on any atom is -0.497 e. The number of urea groups is 1. The zero-order valence-corrected chi connectivity index (χ0v) is 14.9. The van der Waals surface area contributed by atoms with E-state index in [2.05, 4.69) is 0 Å². The summed E-state index contributed by atoms with van der Waals surface area (Å²) < 4.78 is 9.87. The first-order valence-electron chi connectivity index (χ1n) is 7.60. The molecule has 2 heterocycles. The van der Waals surface area contributed by atoms with E-state index in [0.29, 0.717) is 22.7 Å². The molecule has 0 N–H and O–H groups in total. The fraction of sp³-hybridized carbons (Fsp3) is 0.562. The van der Waals surface area contributed by atoms with Crippen LogP contribution in [-0.2, 0) is 4.74 Å². The van der Waals surface area contributed by atoms with Gasteiger partial charge in [-0.05, 0) is 25.0 Å². The van der Waals surface area contributed by atoms with E-state index in [-0.39, 0.29) is 6.03 Å². The molecule has 1 aromatic carbocycles. The molecule has 1 atom stereocenters. The number of nitrogens with zero attached hydrogens (tertiary/aromatic N) is 2. The first-order chi connectivity index (χ1) is 11.1. The van der Waals surface area contributed by atoms with E-state index in [1.807, 2.05) is 9.80 Å². The van der Waals surface area contributed by atoms with E-state index < -0.39 is 0 Å². The lowest BCUT2D eigenvalue weighted by Crippen LogP contribution is -2.33. The summed E-state index contributed by atoms with van der Waals surface area (Å²) in [5, 5.41) is 1.06. The van der Waals surface area contributed by atoms with Crippen LogP contribution in [0.25, 0.3) is 0 Å². The molecule has 0 aromatic heterocycles. The molecule has 0 unspecified atom stereocenters. The molecule has 3 rings (SSSR count). The molecule has 0 spiro atoms. The van der Waals surface area contributed by atoms with Gasteiger partial charge in [-0.3, -0.25) is 0 Å². The van der Waals surface area contributed by atoms with Gasteiger partial charge in [0.05, 0.1) is 29.8 Å². The number of rotatable bonds is 4. The highest BCUT2D eigenvalue weighted by molar-refractivity contribution is 6.42. The van der Waals surface area contributed by atoms with Crippen LogP contribution < -0.4 is 4.74 Å². The van der Waals surface area contributed by atoms with Gasteiger partial charge in [0.15, 0.2) is 0 Å². The van der Waals surface area contributed by atoms with Crippen molar-refractivity contribution in [3.8, 4) is 5.75 Å². The predicted octanol–water partition coefficient (Wildman–Crippen LogP) is 3.53. The highest BCUT2D eigenvalue weighted by Gasteiger charge is 2.39. The van der Waals surface area contributed by atoms with Crippen molar-refractivity contribution >= 4 is 29.2 Å². The maximum atomic E-state index is 11.7. The number of carbonyl (C=O) groups excluding carboxylic acids is 1. The molecular formula is C16H22Cl2N2O3. The molecule has 0 saturated carbocycles. The van der Waals surface area contributed by atoms with Gasteiger partial charge in [0.2, 0.25) is 0 Å². The van der Waals surface area contributed by atoms with Crippen LogP contribution in [0.2, 0.25) is 10.0 Å². The van der Waals surface area contributed by atoms with Gasteiger partial charge >= 0.3 is 6.03 Å². The first-order valence-corrected chi connectivity index (χ1v) is 8.36. The zero-order chi connectivity index (χ0) is 16.8. The Morgan fingerprint density at radius 2 is 2.04 bits per heavy atom. The van der Waals surface area contributed by atoms with Crippen molar-refractivity contribution in [1.29, 1.82) is 0 Å². The summed E-state index contributed by atoms with van der Waals surface area (Å²) in [5.41, 5.74) is 0. The Balaban J connectivity index is 0.000000174. The predicted molar refractivity (Wildman–Crippen MR) is 91.6 cm³/mol. The van der Waals surface area contributed by atoms with Crippen LogP contribution in [0.4, 0.5) is 4.79 Å². The molecule has 7 heteroatoms. The van der Waals surface area contributed by atoms with Crippen LogP contribution >= 0.6 is 23.2 Å². The number of halogens is 2. The second-order valence-corrected chi connectivity index (χ2v) is 6.31. The summed E-state index contributed by atoms with van der Waals surface area (Å²) in [5.74, 6) is 0.717. The van der Waals surface area contributed by atoms with E-state index in [1.54, 1.807) is 32.4 Å². The summed E-state index contributed by atoms with van der Waals surface area (Å²) in [6, 6.07) is 5.82. The Morgan fingerprint density at radius 1 is 1.26 bits per heavy atom. The van der Waals surface area contributed by atoms with E-state index in [4.69, 9.17) is 32.7 Å². The molecule has 0 radical (unpaired) electrons. The molecular weight excluding hydrogens is 339 g/mol. The van der Waals surface area contributed by atoms with Gasteiger partial charge in [0, 0.05) is 32.8 Å². The summed E-state index contributed by atoms with van der Waals surface area (Å²) in [6.45, 7) is 3.24. The second kappa shape index (κ2) is 8.62. The van der Waals surface area contributed by atoms with Gasteiger partial charge in [-0.2, -0.15) is 0 Å². The van der Waals surface area contributed by atoms with Crippen LogP contribution in [0.15, 0.2) is 18.2 Å². The third-order valence-corrected chi connectivity index (χ3v) is 4.76. The van der Waals surface area contributed by atoms with Gasteiger partial charge < -0.3 is 19.3 Å². The number of benzene rings is 1. The Kier molecular flexibility index (Phi) is 6.81. The number of ether oxygens (including phenoxy) is 2. The molecule has 0 aliphatic carbocycles. The van der Waals surface area contributed by atoms with E-state index in [9.17, 15) is 4.79 Å². The summed E-state index contributed by atoms with van der Waals surface area (Å²) in [7, 11) is 3.25. The van der Waals surface area contributed by atoms with Gasteiger partial charge in [0.25, 0.3) is 0 Å². The highest BCUT2D eigenvalue weighted by Crippen LogP contribution is 2.26. The molecule has 2 saturated heterocycles. The third-order valence-electron chi connectivity index (χ3n) is 4.02. The Morgan fingerprint density at radius 3 is 2.65 bits per heavy atom. The van der Waals surface area contributed by atoms with Crippen LogP contribution in [0.1, 0.15) is 12.8 Å². The van der Waals surface area contributed by atoms with Crippen molar-refractivity contribution in [3.05, 3.63) is 28.2 Å². The van der Waals surface area contributed by atoms with Gasteiger partial charge in [-0.25, -0.2) is 4.79 Å². The lowest BCUT2D eigenvalue weighted by atomic mass is 10.2. The summed E-state index contributed by atoms with van der Waals surface area (Å²) in [6.07, 6.45) is 2.35. The van der Waals surface area contributed by atoms with Crippen molar-refractivity contribution in [2.45, 2.75) is 18.9 Å². The van der Waals surface area contributed by atoms with E-state index >= 15 is 0 Å². The number of hydrogen-bond donors (Lipinski definition) is 0. The summed E-state index contributed by atoms with van der Waals surface area (Å²) >= 11 is 11.3. The van der Waals surface area contributed by atoms with Crippen LogP contribution in [-0.4, -0.2) is 62.3 Å². The van der Waals surface area contributed by atoms with Gasteiger partial charge in [-0.15, -0.1) is 0 Å². The van der Waals surface area contributed by atoms with Crippen LogP contribution in [0, 0.1) is 0 Å². The summed E-state index contributed by atoms with van der Waals surface area (Å²) in [4.78, 5) is 15.6. The number of hydrogen-bond acceptors (Lipinski definition) is 3. The molecule has 2 aliphatic rings. The molecule has 23 heavy (non-hydrogen) atoms. The third kappa shape index (κ3) is 4.66. The Labute approximate surface area is 147 Å². The Hall–Kier alpha value is -1.17. The molecule has 2 amide bonds. The lowest BCUT2D eigenvalue weighted by molar-refractivity contribution is 0.155. The fourth-order valence-electron chi connectivity index (χ4n) is 2.78. The number of amides is 2. The molecule has 0 bridgehead atoms.